The van der Waals surface area contributed by atoms with Gasteiger partial charge in [0.15, 0.2) is 0 Å². The summed E-state index contributed by atoms with van der Waals surface area (Å²) in [4.78, 5) is 24.6. The summed E-state index contributed by atoms with van der Waals surface area (Å²) in [6.07, 6.45) is 4.91. The number of aromatic carboxylic acids is 1. The van der Waals surface area contributed by atoms with Crippen LogP contribution in [-0.4, -0.2) is 27.1 Å². The summed E-state index contributed by atoms with van der Waals surface area (Å²) in [5.41, 5.74) is -0.927. The third-order valence-corrected chi connectivity index (χ3v) is 2.87. The van der Waals surface area contributed by atoms with Crippen LogP contribution < -0.4 is 4.74 Å². The molecule has 1 heterocycles. The van der Waals surface area contributed by atoms with Gasteiger partial charge in [0.05, 0.1) is 4.92 Å². The first-order valence-electron chi connectivity index (χ1n) is 5.62. The summed E-state index contributed by atoms with van der Waals surface area (Å²) in [6, 6.07) is 1.11. The first-order chi connectivity index (χ1) is 8.58. The summed E-state index contributed by atoms with van der Waals surface area (Å²) >= 11 is 0. The molecule has 0 spiro atoms. The second kappa shape index (κ2) is 4.99. The van der Waals surface area contributed by atoms with E-state index in [0.29, 0.717) is 0 Å². The molecule has 7 nitrogen and oxygen atoms in total. The molecule has 2 rings (SSSR count). The van der Waals surface area contributed by atoms with Gasteiger partial charge in [0.25, 0.3) is 0 Å². The van der Waals surface area contributed by atoms with Gasteiger partial charge in [-0.25, -0.2) is 9.78 Å². The Bertz CT molecular complexity index is 482. The number of carbonyl (C=O) groups is 1. The molecule has 1 aliphatic carbocycles. The van der Waals surface area contributed by atoms with E-state index in [1.807, 2.05) is 0 Å². The van der Waals surface area contributed by atoms with Crippen LogP contribution in [0.15, 0.2) is 12.3 Å². The lowest BCUT2D eigenvalue weighted by Crippen LogP contribution is -2.13. The minimum absolute atomic E-state index is 0.0283. The number of ether oxygens (including phenoxy) is 1. The Morgan fingerprint density at radius 3 is 2.72 bits per heavy atom. The predicted molar refractivity (Wildman–Crippen MR) is 60.7 cm³/mol. The fourth-order valence-corrected chi connectivity index (χ4v) is 1.99. The quantitative estimate of drug-likeness (QED) is 0.649. The molecule has 1 aromatic heterocycles. The van der Waals surface area contributed by atoms with E-state index in [1.165, 1.54) is 0 Å². The highest BCUT2D eigenvalue weighted by atomic mass is 16.6. The van der Waals surface area contributed by atoms with E-state index >= 15 is 0 Å². The van der Waals surface area contributed by atoms with Crippen molar-refractivity contribution in [3.05, 3.63) is 27.9 Å². The number of hydrogen-bond acceptors (Lipinski definition) is 5. The van der Waals surface area contributed by atoms with Crippen LogP contribution in [0.4, 0.5) is 5.69 Å². The molecule has 0 aliphatic heterocycles. The number of carboxylic acids is 1. The highest BCUT2D eigenvalue weighted by Gasteiger charge is 2.23. The largest absolute Gasteiger partial charge is 0.477 e. The molecule has 0 atom stereocenters. The monoisotopic (exact) mass is 252 g/mol. The van der Waals surface area contributed by atoms with Crippen LogP contribution >= 0.6 is 0 Å². The molecule has 7 heteroatoms. The van der Waals surface area contributed by atoms with Crippen molar-refractivity contribution in [3.8, 4) is 5.88 Å². The molecule has 0 unspecified atom stereocenters. The van der Waals surface area contributed by atoms with E-state index in [4.69, 9.17) is 9.84 Å². The zero-order valence-corrected chi connectivity index (χ0v) is 9.54. The van der Waals surface area contributed by atoms with Crippen molar-refractivity contribution in [2.45, 2.75) is 31.8 Å². The Kier molecular flexibility index (Phi) is 3.40. The lowest BCUT2D eigenvalue weighted by molar-refractivity contribution is -0.385. The zero-order valence-electron chi connectivity index (χ0n) is 9.54. The Morgan fingerprint density at radius 2 is 2.17 bits per heavy atom. The van der Waals surface area contributed by atoms with Gasteiger partial charge >= 0.3 is 11.7 Å². The molecule has 18 heavy (non-hydrogen) atoms. The predicted octanol–water partition coefficient (Wildman–Crippen LogP) is 2.01. The van der Waals surface area contributed by atoms with Gasteiger partial charge in [0.1, 0.15) is 17.9 Å². The maximum absolute atomic E-state index is 10.9. The van der Waals surface area contributed by atoms with Crippen molar-refractivity contribution in [1.82, 2.24) is 4.98 Å². The number of rotatable bonds is 4. The smallest absolute Gasteiger partial charge is 0.342 e. The number of hydrogen-bond donors (Lipinski definition) is 1. The first-order valence-corrected chi connectivity index (χ1v) is 5.62. The van der Waals surface area contributed by atoms with E-state index in [0.717, 1.165) is 37.9 Å². The number of nitro groups is 1. The third-order valence-electron chi connectivity index (χ3n) is 2.87. The van der Waals surface area contributed by atoms with Crippen LogP contribution in [0.25, 0.3) is 0 Å². The summed E-state index contributed by atoms with van der Waals surface area (Å²) in [5, 5.41) is 19.6. The first kappa shape index (κ1) is 12.3. The third kappa shape index (κ3) is 2.55. The molecule has 0 bridgehead atoms. The highest BCUT2D eigenvalue weighted by Crippen LogP contribution is 2.26. The Morgan fingerprint density at radius 1 is 1.50 bits per heavy atom. The van der Waals surface area contributed by atoms with Crippen LogP contribution in [0.5, 0.6) is 5.88 Å². The summed E-state index contributed by atoms with van der Waals surface area (Å²) < 4.78 is 5.50. The van der Waals surface area contributed by atoms with E-state index in [1.54, 1.807) is 0 Å². The van der Waals surface area contributed by atoms with E-state index in [9.17, 15) is 14.9 Å². The number of carboxylic acid groups (broad SMARTS) is 1. The van der Waals surface area contributed by atoms with Crippen LogP contribution in [0.1, 0.15) is 36.0 Å². The van der Waals surface area contributed by atoms with Crippen molar-refractivity contribution >= 4 is 11.7 Å². The molecule has 96 valence electrons. The lowest BCUT2D eigenvalue weighted by atomic mass is 10.2. The summed E-state index contributed by atoms with van der Waals surface area (Å²) in [6.45, 7) is 0. The van der Waals surface area contributed by atoms with Crippen LogP contribution in [0.2, 0.25) is 0 Å². The topological polar surface area (TPSA) is 103 Å². The second-order valence-electron chi connectivity index (χ2n) is 4.13. The molecule has 0 saturated heterocycles. The molecule has 0 amide bonds. The second-order valence-corrected chi connectivity index (χ2v) is 4.13. The van der Waals surface area contributed by atoms with Gasteiger partial charge in [0.2, 0.25) is 5.88 Å². The van der Waals surface area contributed by atoms with Gasteiger partial charge in [-0.3, -0.25) is 10.1 Å². The molecule has 1 fully saturated rings. The van der Waals surface area contributed by atoms with Gasteiger partial charge < -0.3 is 9.84 Å². The van der Waals surface area contributed by atoms with Crippen molar-refractivity contribution in [1.29, 1.82) is 0 Å². The fourth-order valence-electron chi connectivity index (χ4n) is 1.99. The normalized spacial score (nSPS) is 15.6. The van der Waals surface area contributed by atoms with Gasteiger partial charge in [-0.1, -0.05) is 0 Å². The minimum Gasteiger partial charge on any atom is -0.477 e. The number of aromatic nitrogens is 1. The average molecular weight is 252 g/mol. The lowest BCUT2D eigenvalue weighted by Gasteiger charge is -2.11. The molecule has 1 aromatic rings. The van der Waals surface area contributed by atoms with Crippen LogP contribution in [0, 0.1) is 10.1 Å². The Balaban J connectivity index is 2.24. The molecular weight excluding hydrogens is 240 g/mol. The standard InChI is InChI=1S/C11H12N2O5/c14-11(15)8-5-10(12-6-9(8)13(16)17)18-7-3-1-2-4-7/h5-7H,1-4H2,(H,14,15). The number of nitrogens with zero attached hydrogens (tertiary/aromatic N) is 2. The van der Waals surface area contributed by atoms with Gasteiger partial charge in [-0.05, 0) is 25.7 Å². The van der Waals surface area contributed by atoms with Gasteiger partial charge in [-0.2, -0.15) is 0 Å². The summed E-state index contributed by atoms with van der Waals surface area (Å²) in [5.74, 6) is -1.23. The highest BCUT2D eigenvalue weighted by molar-refractivity contribution is 5.92. The Labute approximate surface area is 103 Å². The maximum Gasteiger partial charge on any atom is 0.342 e. The SMILES string of the molecule is O=C(O)c1cc(OC2CCCC2)ncc1[N+](=O)[O-]. The van der Waals surface area contributed by atoms with Crippen molar-refractivity contribution in [2.75, 3.05) is 0 Å². The molecule has 0 aromatic carbocycles. The van der Waals surface area contributed by atoms with E-state index < -0.39 is 22.1 Å². The minimum atomic E-state index is -1.36. The number of pyridine rings is 1. The van der Waals surface area contributed by atoms with Crippen molar-refractivity contribution < 1.29 is 19.6 Å². The fraction of sp³-hybridized carbons (Fsp3) is 0.455. The molecule has 1 saturated carbocycles. The van der Waals surface area contributed by atoms with E-state index in [-0.39, 0.29) is 12.0 Å². The Hall–Kier alpha value is -2.18. The zero-order chi connectivity index (χ0) is 13.1. The van der Waals surface area contributed by atoms with Gasteiger partial charge in [-0.15, -0.1) is 0 Å². The van der Waals surface area contributed by atoms with Crippen molar-refractivity contribution in [3.63, 3.8) is 0 Å². The van der Waals surface area contributed by atoms with Gasteiger partial charge in [0, 0.05) is 6.07 Å². The maximum atomic E-state index is 10.9. The van der Waals surface area contributed by atoms with Crippen LogP contribution in [-0.2, 0) is 0 Å². The average Bonchev–Trinajstić information content (AvgIpc) is 2.81. The molecular formula is C11H12N2O5. The van der Waals surface area contributed by atoms with Crippen LogP contribution in [0.3, 0.4) is 0 Å². The molecule has 1 aliphatic rings. The molecule has 0 radical (unpaired) electrons. The molecule has 1 N–H and O–H groups in total. The summed E-state index contributed by atoms with van der Waals surface area (Å²) in [7, 11) is 0. The van der Waals surface area contributed by atoms with E-state index in [2.05, 4.69) is 4.98 Å². The van der Waals surface area contributed by atoms with Crippen molar-refractivity contribution in [2.24, 2.45) is 0 Å².